The van der Waals surface area contributed by atoms with Crippen LogP contribution in [0.1, 0.15) is 72.7 Å². The van der Waals surface area contributed by atoms with E-state index in [1.54, 1.807) is 12.3 Å². The summed E-state index contributed by atoms with van der Waals surface area (Å²) in [5, 5.41) is 35.7. The molecular weight excluding hydrogens is 614 g/mol. The molecule has 1 heterocycles. The van der Waals surface area contributed by atoms with Gasteiger partial charge in [-0.25, -0.2) is 17.2 Å². The van der Waals surface area contributed by atoms with E-state index in [0.717, 1.165) is 36.6 Å². The van der Waals surface area contributed by atoms with E-state index in [2.05, 4.69) is 10.3 Å². The average molecular weight is 647 g/mol. The summed E-state index contributed by atoms with van der Waals surface area (Å²) in [5.74, 6) is -3.91. The fourth-order valence-electron chi connectivity index (χ4n) is 7.16. The molecule has 3 aliphatic carbocycles. The molecule has 7 atom stereocenters. The molecule has 5 unspecified atom stereocenters. The first-order valence-electron chi connectivity index (χ1n) is 14.6. The molecule has 0 radical (unpaired) electrons. The Kier molecular flexibility index (Phi) is 8.07. The van der Waals surface area contributed by atoms with E-state index in [1.165, 1.54) is 18.2 Å². The summed E-state index contributed by atoms with van der Waals surface area (Å²) in [7, 11) is -4.13. The summed E-state index contributed by atoms with van der Waals surface area (Å²) in [4.78, 5) is 16.9. The van der Waals surface area contributed by atoms with Gasteiger partial charge >= 0.3 is 0 Å². The van der Waals surface area contributed by atoms with Gasteiger partial charge in [0.2, 0.25) is 0 Å². The molecule has 8 nitrogen and oxygen atoms in total. The molecule has 0 aliphatic heterocycles. The van der Waals surface area contributed by atoms with E-state index >= 15 is 0 Å². The third-order valence-corrected chi connectivity index (χ3v) is 12.4. The second-order valence-corrected chi connectivity index (χ2v) is 15.1. The SMILES string of the molecule is C[C@H]1CC2CC(S(=O)(=O)c3cc(C(=O)Nc4ccc(F)c(F)c4)ccc3Cl)CC1[C@@]2(O)C(O)C(O)c1ccc(C2CC2)cn1. The molecule has 0 spiro atoms. The molecule has 44 heavy (non-hydrogen) atoms. The summed E-state index contributed by atoms with van der Waals surface area (Å²) in [6.45, 7) is 1.89. The van der Waals surface area contributed by atoms with Crippen LogP contribution in [-0.4, -0.2) is 51.6 Å². The van der Waals surface area contributed by atoms with Gasteiger partial charge in [-0.3, -0.25) is 9.78 Å². The van der Waals surface area contributed by atoms with Crippen molar-refractivity contribution in [2.45, 2.75) is 72.9 Å². The van der Waals surface area contributed by atoms with Crippen LogP contribution in [0.5, 0.6) is 0 Å². The largest absolute Gasteiger partial charge is 0.387 e. The number of aliphatic hydroxyl groups excluding tert-OH is 2. The topological polar surface area (TPSA) is 137 Å². The third kappa shape index (κ3) is 5.43. The van der Waals surface area contributed by atoms with E-state index in [4.69, 9.17) is 11.6 Å². The highest BCUT2D eigenvalue weighted by Crippen LogP contribution is 2.57. The van der Waals surface area contributed by atoms with Crippen molar-refractivity contribution in [3.05, 3.63) is 88.2 Å². The number of carbonyl (C=O) groups excluding carboxylic acids is 1. The molecule has 1 amide bonds. The minimum atomic E-state index is -4.13. The van der Waals surface area contributed by atoms with Crippen molar-refractivity contribution in [1.82, 2.24) is 4.98 Å². The van der Waals surface area contributed by atoms with Gasteiger partial charge < -0.3 is 20.6 Å². The first kappa shape index (κ1) is 31.0. The van der Waals surface area contributed by atoms with Crippen LogP contribution in [0.25, 0.3) is 0 Å². The summed E-state index contributed by atoms with van der Waals surface area (Å²) >= 11 is 6.34. The molecule has 234 valence electrons. The number of halogens is 3. The summed E-state index contributed by atoms with van der Waals surface area (Å²) in [6, 6.07) is 10.1. The molecule has 1 aromatic heterocycles. The number of aromatic nitrogens is 1. The van der Waals surface area contributed by atoms with Crippen molar-refractivity contribution in [1.29, 1.82) is 0 Å². The van der Waals surface area contributed by atoms with Crippen molar-refractivity contribution in [2.24, 2.45) is 17.8 Å². The van der Waals surface area contributed by atoms with E-state index in [9.17, 15) is 37.3 Å². The zero-order valence-corrected chi connectivity index (χ0v) is 25.4. The zero-order valence-electron chi connectivity index (χ0n) is 23.8. The smallest absolute Gasteiger partial charge is 0.255 e. The van der Waals surface area contributed by atoms with E-state index in [1.807, 2.05) is 13.0 Å². The maximum atomic E-state index is 14.0. The predicted octanol–water partition coefficient (Wildman–Crippen LogP) is 5.18. The highest BCUT2D eigenvalue weighted by atomic mass is 35.5. The number of hydrogen-bond donors (Lipinski definition) is 4. The Bertz CT molecular complexity index is 1700. The molecule has 3 fully saturated rings. The van der Waals surface area contributed by atoms with Gasteiger partial charge in [-0.05, 0) is 97.7 Å². The quantitative estimate of drug-likeness (QED) is 0.265. The van der Waals surface area contributed by atoms with Gasteiger partial charge in [0.15, 0.2) is 21.5 Å². The lowest BCUT2D eigenvalue weighted by Crippen LogP contribution is -2.58. The number of nitrogens with one attached hydrogen (secondary N) is 1. The summed E-state index contributed by atoms with van der Waals surface area (Å²) in [5.41, 5.74) is -0.502. The Morgan fingerprint density at radius 3 is 2.43 bits per heavy atom. The molecule has 6 rings (SSSR count). The zero-order chi connectivity index (χ0) is 31.6. The lowest BCUT2D eigenvalue weighted by Gasteiger charge is -2.46. The molecular formula is C32H33ClF2N2O6S. The van der Waals surface area contributed by atoms with Gasteiger partial charge in [-0.1, -0.05) is 24.6 Å². The normalized spacial score (nSPS) is 28.0. The van der Waals surface area contributed by atoms with E-state index in [0.29, 0.717) is 12.3 Å². The van der Waals surface area contributed by atoms with Crippen molar-refractivity contribution in [3.63, 3.8) is 0 Å². The number of rotatable bonds is 8. The van der Waals surface area contributed by atoms with Crippen LogP contribution < -0.4 is 5.32 Å². The van der Waals surface area contributed by atoms with Crippen LogP contribution in [0.4, 0.5) is 14.5 Å². The van der Waals surface area contributed by atoms with Gasteiger partial charge in [0.1, 0.15) is 12.2 Å². The molecule has 4 N–H and O–H groups in total. The number of benzene rings is 2. The number of carbonyl (C=O) groups is 1. The Balaban J connectivity index is 1.22. The number of anilines is 1. The van der Waals surface area contributed by atoms with Gasteiger partial charge in [-0.2, -0.15) is 0 Å². The number of pyridine rings is 1. The molecule has 2 bridgehead atoms. The first-order valence-corrected chi connectivity index (χ1v) is 16.6. The molecule has 3 aliphatic rings. The fraction of sp³-hybridized carbons (Fsp3) is 0.438. The predicted molar refractivity (Wildman–Crippen MR) is 159 cm³/mol. The lowest BCUT2D eigenvalue weighted by molar-refractivity contribution is -0.180. The van der Waals surface area contributed by atoms with Gasteiger partial charge in [0.05, 0.1) is 26.5 Å². The second-order valence-electron chi connectivity index (χ2n) is 12.5. The number of fused-ring (bicyclic) bond motifs is 2. The Hall–Kier alpha value is -2.96. The van der Waals surface area contributed by atoms with Crippen LogP contribution in [0.2, 0.25) is 5.02 Å². The number of hydrogen-bond acceptors (Lipinski definition) is 7. The standard InChI is InChI=1S/C32H33ClF2N2O6S/c1-16-10-20-12-22(14-23(16)32(20,41)30(39)29(38)27-9-5-19(15-36-27)17-2-3-17)44(42,43)28-11-18(4-7-24(28)33)31(40)37-21-6-8-25(34)26(35)13-21/h4-9,11,13,15-17,20,22-23,29-30,38-39,41H,2-3,10,12,14H2,1H3,(H,37,40)/t16-,20?,22?,23?,29?,30?,32+/m0/s1. The van der Waals surface area contributed by atoms with E-state index in [-0.39, 0.29) is 45.6 Å². The fourth-order valence-corrected chi connectivity index (χ4v) is 9.54. The molecule has 2 aromatic carbocycles. The maximum absolute atomic E-state index is 14.0. The van der Waals surface area contributed by atoms with Crippen molar-refractivity contribution < 1.29 is 37.3 Å². The summed E-state index contributed by atoms with van der Waals surface area (Å²) in [6.07, 6.45) is 1.30. The van der Waals surface area contributed by atoms with Crippen molar-refractivity contribution >= 4 is 33.0 Å². The molecule has 0 saturated heterocycles. The molecule has 3 aromatic rings. The monoisotopic (exact) mass is 646 g/mol. The van der Waals surface area contributed by atoms with Crippen LogP contribution in [0.3, 0.4) is 0 Å². The van der Waals surface area contributed by atoms with Gasteiger partial charge in [-0.15, -0.1) is 0 Å². The minimum Gasteiger partial charge on any atom is -0.387 e. The average Bonchev–Trinajstić information content (AvgIpc) is 3.83. The van der Waals surface area contributed by atoms with Gasteiger partial charge in [0, 0.05) is 23.5 Å². The first-order chi connectivity index (χ1) is 20.8. The Morgan fingerprint density at radius 2 is 1.80 bits per heavy atom. The number of nitrogens with zero attached hydrogens (tertiary/aromatic N) is 1. The maximum Gasteiger partial charge on any atom is 0.255 e. The number of sulfone groups is 1. The number of amides is 1. The van der Waals surface area contributed by atoms with Crippen molar-refractivity contribution in [3.8, 4) is 0 Å². The van der Waals surface area contributed by atoms with Crippen LogP contribution in [0.15, 0.2) is 59.6 Å². The van der Waals surface area contributed by atoms with Gasteiger partial charge in [0.25, 0.3) is 5.91 Å². The molecule has 3 saturated carbocycles. The second kappa shape index (κ2) is 11.4. The van der Waals surface area contributed by atoms with Crippen LogP contribution in [0, 0.1) is 29.4 Å². The highest BCUT2D eigenvalue weighted by molar-refractivity contribution is 7.92. The molecule has 12 heteroatoms. The lowest BCUT2D eigenvalue weighted by atomic mass is 9.68. The van der Waals surface area contributed by atoms with E-state index < -0.39 is 62.3 Å². The van der Waals surface area contributed by atoms with Crippen molar-refractivity contribution in [2.75, 3.05) is 5.32 Å². The Labute approximate surface area is 259 Å². The summed E-state index contributed by atoms with van der Waals surface area (Å²) < 4.78 is 54.8. The van der Waals surface area contributed by atoms with Crippen LogP contribution >= 0.6 is 11.6 Å². The third-order valence-electron chi connectivity index (χ3n) is 9.71. The number of aliphatic hydroxyl groups is 3. The highest BCUT2D eigenvalue weighted by Gasteiger charge is 2.62. The van der Waals surface area contributed by atoms with Crippen LogP contribution in [-0.2, 0) is 9.84 Å². The minimum absolute atomic E-state index is 0.00986. The Morgan fingerprint density at radius 1 is 1.05 bits per heavy atom.